The summed E-state index contributed by atoms with van der Waals surface area (Å²) >= 11 is 0. The number of fused-ring (bicyclic) bond motifs is 1. The molecule has 0 unspecified atom stereocenters. The van der Waals surface area contributed by atoms with Gasteiger partial charge >= 0.3 is 0 Å². The van der Waals surface area contributed by atoms with Crippen molar-refractivity contribution < 1.29 is 23.8 Å². The second-order valence-corrected chi connectivity index (χ2v) is 6.29. The minimum absolute atomic E-state index is 0.0164. The molecule has 2 aliphatic heterocycles. The fourth-order valence-electron chi connectivity index (χ4n) is 3.11. The summed E-state index contributed by atoms with van der Waals surface area (Å²) in [5, 5.41) is 0. The third kappa shape index (κ3) is 3.51. The van der Waals surface area contributed by atoms with Gasteiger partial charge in [-0.1, -0.05) is 0 Å². The molecule has 0 aliphatic carbocycles. The summed E-state index contributed by atoms with van der Waals surface area (Å²) in [6.07, 6.45) is 2.58. The summed E-state index contributed by atoms with van der Waals surface area (Å²) in [6.45, 7) is 2.73. The van der Waals surface area contributed by atoms with Crippen LogP contribution in [0.15, 0.2) is 42.7 Å². The summed E-state index contributed by atoms with van der Waals surface area (Å²) in [5.41, 5.74) is 0.735. The highest BCUT2D eigenvalue weighted by Gasteiger charge is 2.31. The summed E-state index contributed by atoms with van der Waals surface area (Å²) in [6, 6.07) is 8.76. The number of amides is 2. The molecule has 0 N–H and O–H groups in total. The number of pyridine rings is 1. The highest BCUT2D eigenvalue weighted by Crippen LogP contribution is 2.35. The molecule has 8 heteroatoms. The van der Waals surface area contributed by atoms with E-state index in [1.54, 1.807) is 48.5 Å². The van der Waals surface area contributed by atoms with Crippen molar-refractivity contribution in [2.24, 2.45) is 0 Å². The first kappa shape index (κ1) is 17.1. The van der Waals surface area contributed by atoms with Crippen molar-refractivity contribution in [3.8, 4) is 17.2 Å². The number of aromatic nitrogens is 1. The topological polar surface area (TPSA) is 81.2 Å². The molecule has 1 aromatic carbocycles. The fourth-order valence-corrected chi connectivity index (χ4v) is 3.11. The first-order chi connectivity index (χ1) is 13.1. The third-order valence-corrected chi connectivity index (χ3v) is 4.49. The summed E-state index contributed by atoms with van der Waals surface area (Å²) in [7, 11) is 0. The normalized spacial score (nSPS) is 17.0. The smallest absolute Gasteiger partial charge is 0.263 e. The van der Waals surface area contributed by atoms with E-state index < -0.39 is 6.10 Å². The molecule has 0 radical (unpaired) electrons. The monoisotopic (exact) mass is 369 g/mol. The van der Waals surface area contributed by atoms with E-state index in [0.29, 0.717) is 30.3 Å². The molecular formula is C19H19N3O5. The maximum absolute atomic E-state index is 12.7. The Kier molecular flexibility index (Phi) is 4.53. The minimum Gasteiger partial charge on any atom is -0.481 e. The lowest BCUT2D eigenvalue weighted by Gasteiger charge is -2.35. The average molecular weight is 369 g/mol. The molecule has 2 aliphatic rings. The van der Waals surface area contributed by atoms with E-state index in [1.807, 2.05) is 6.07 Å². The lowest BCUT2D eigenvalue weighted by Crippen LogP contribution is -2.54. The standard InChI is InChI=1S/C19H19N3O5/c1-13(27-15-4-5-16-17(9-15)26-12-25-16)19(24)21-7-8-22(18(23)11-21)14-3-2-6-20-10-14/h2-6,9-10,13H,7-8,11-12H2,1H3/t13-/m1/s1. The van der Waals surface area contributed by atoms with Gasteiger partial charge < -0.3 is 24.0 Å². The summed E-state index contributed by atoms with van der Waals surface area (Å²) < 4.78 is 16.3. The van der Waals surface area contributed by atoms with Crippen LogP contribution >= 0.6 is 0 Å². The number of anilines is 1. The molecule has 1 aromatic heterocycles. The lowest BCUT2D eigenvalue weighted by atomic mass is 10.2. The van der Waals surface area contributed by atoms with Crippen molar-refractivity contribution in [3.05, 3.63) is 42.7 Å². The number of nitrogens with zero attached hydrogens (tertiary/aromatic N) is 3. The fraction of sp³-hybridized carbons (Fsp3) is 0.316. The van der Waals surface area contributed by atoms with Crippen LogP contribution in [0, 0.1) is 0 Å². The highest BCUT2D eigenvalue weighted by atomic mass is 16.7. The van der Waals surface area contributed by atoms with Crippen molar-refractivity contribution >= 4 is 17.5 Å². The van der Waals surface area contributed by atoms with Gasteiger partial charge in [0.1, 0.15) is 12.3 Å². The Morgan fingerprint density at radius 3 is 2.85 bits per heavy atom. The second kappa shape index (κ2) is 7.14. The van der Waals surface area contributed by atoms with Gasteiger partial charge in [0.25, 0.3) is 5.91 Å². The van der Waals surface area contributed by atoms with Crippen LogP contribution in [0.5, 0.6) is 17.2 Å². The molecule has 8 nitrogen and oxygen atoms in total. The molecule has 0 spiro atoms. The van der Waals surface area contributed by atoms with Crippen molar-refractivity contribution in [2.75, 3.05) is 31.3 Å². The Hall–Kier alpha value is -3.29. The largest absolute Gasteiger partial charge is 0.481 e. The van der Waals surface area contributed by atoms with E-state index in [0.717, 1.165) is 5.69 Å². The van der Waals surface area contributed by atoms with Crippen LogP contribution in [-0.2, 0) is 9.59 Å². The first-order valence-corrected chi connectivity index (χ1v) is 8.67. The first-order valence-electron chi connectivity index (χ1n) is 8.67. The molecular weight excluding hydrogens is 350 g/mol. The van der Waals surface area contributed by atoms with Crippen LogP contribution in [0.3, 0.4) is 0 Å². The van der Waals surface area contributed by atoms with E-state index >= 15 is 0 Å². The maximum atomic E-state index is 12.7. The van der Waals surface area contributed by atoms with E-state index in [9.17, 15) is 9.59 Å². The molecule has 1 saturated heterocycles. The van der Waals surface area contributed by atoms with Crippen molar-refractivity contribution in [1.82, 2.24) is 9.88 Å². The Labute approximate surface area is 156 Å². The molecule has 0 bridgehead atoms. The molecule has 27 heavy (non-hydrogen) atoms. The average Bonchev–Trinajstić information content (AvgIpc) is 3.15. The van der Waals surface area contributed by atoms with Crippen molar-refractivity contribution in [2.45, 2.75) is 13.0 Å². The number of benzene rings is 1. The van der Waals surface area contributed by atoms with Gasteiger partial charge in [0, 0.05) is 25.4 Å². The van der Waals surface area contributed by atoms with Crippen LogP contribution in [0.2, 0.25) is 0 Å². The molecule has 2 amide bonds. The SMILES string of the molecule is C[C@@H](Oc1ccc2c(c1)OCO2)C(=O)N1CCN(c2cccnc2)C(=O)C1. The zero-order chi connectivity index (χ0) is 18.8. The van der Waals surface area contributed by atoms with Crippen LogP contribution in [0.1, 0.15) is 6.92 Å². The van der Waals surface area contributed by atoms with E-state index in [2.05, 4.69) is 4.98 Å². The zero-order valence-electron chi connectivity index (χ0n) is 14.8. The molecule has 1 fully saturated rings. The van der Waals surface area contributed by atoms with Gasteiger partial charge in [-0.05, 0) is 31.2 Å². The maximum Gasteiger partial charge on any atom is 0.263 e. The van der Waals surface area contributed by atoms with Gasteiger partial charge in [0.15, 0.2) is 17.6 Å². The number of carbonyl (C=O) groups is 2. The third-order valence-electron chi connectivity index (χ3n) is 4.49. The van der Waals surface area contributed by atoms with Gasteiger partial charge in [0.05, 0.1) is 11.9 Å². The van der Waals surface area contributed by atoms with Crippen molar-refractivity contribution in [1.29, 1.82) is 0 Å². The number of hydrogen-bond acceptors (Lipinski definition) is 6. The number of ether oxygens (including phenoxy) is 3. The molecule has 1 atom stereocenters. The predicted octanol–water partition coefficient (Wildman–Crippen LogP) is 1.45. The van der Waals surface area contributed by atoms with Gasteiger partial charge in [-0.3, -0.25) is 14.6 Å². The van der Waals surface area contributed by atoms with E-state index in [-0.39, 0.29) is 25.2 Å². The molecule has 3 heterocycles. The van der Waals surface area contributed by atoms with Crippen LogP contribution in [0.4, 0.5) is 5.69 Å². The van der Waals surface area contributed by atoms with Crippen LogP contribution in [-0.4, -0.2) is 54.2 Å². The highest BCUT2D eigenvalue weighted by molar-refractivity contribution is 5.98. The van der Waals surface area contributed by atoms with E-state index in [1.165, 1.54) is 4.90 Å². The summed E-state index contributed by atoms with van der Waals surface area (Å²) in [4.78, 5) is 32.3. The van der Waals surface area contributed by atoms with Gasteiger partial charge in [0.2, 0.25) is 12.7 Å². The molecule has 2 aromatic rings. The van der Waals surface area contributed by atoms with Gasteiger partial charge in [-0.25, -0.2) is 0 Å². The van der Waals surface area contributed by atoms with Crippen LogP contribution < -0.4 is 19.1 Å². The predicted molar refractivity (Wildman–Crippen MR) is 95.8 cm³/mol. The Morgan fingerprint density at radius 2 is 2.07 bits per heavy atom. The Morgan fingerprint density at radius 1 is 1.22 bits per heavy atom. The lowest BCUT2D eigenvalue weighted by molar-refractivity contribution is -0.142. The van der Waals surface area contributed by atoms with Gasteiger partial charge in [-0.15, -0.1) is 0 Å². The quantitative estimate of drug-likeness (QED) is 0.812. The number of carbonyl (C=O) groups excluding carboxylic acids is 2. The number of rotatable bonds is 4. The van der Waals surface area contributed by atoms with Crippen molar-refractivity contribution in [3.63, 3.8) is 0 Å². The zero-order valence-corrected chi connectivity index (χ0v) is 14.8. The molecule has 4 rings (SSSR count). The van der Waals surface area contributed by atoms with E-state index in [4.69, 9.17) is 14.2 Å². The summed E-state index contributed by atoms with van der Waals surface area (Å²) in [5.74, 6) is 1.39. The molecule has 0 saturated carbocycles. The number of hydrogen-bond donors (Lipinski definition) is 0. The van der Waals surface area contributed by atoms with Gasteiger partial charge in [-0.2, -0.15) is 0 Å². The Balaban J connectivity index is 1.37. The minimum atomic E-state index is -0.719. The second-order valence-electron chi connectivity index (χ2n) is 6.29. The number of piperazine rings is 1. The Bertz CT molecular complexity index is 858. The van der Waals surface area contributed by atoms with Crippen LogP contribution in [0.25, 0.3) is 0 Å². The molecule has 140 valence electrons.